The van der Waals surface area contributed by atoms with E-state index in [-0.39, 0.29) is 11.9 Å². The molecule has 3 aromatic rings. The second kappa shape index (κ2) is 6.76. The molecule has 0 aliphatic heterocycles. The fourth-order valence-corrected chi connectivity index (χ4v) is 3.19. The number of amides is 1. The number of thioether (sulfide) groups is 1. The highest BCUT2D eigenvalue weighted by Gasteiger charge is 2.13. The molecule has 0 aliphatic carbocycles. The van der Waals surface area contributed by atoms with Crippen molar-refractivity contribution in [1.29, 1.82) is 0 Å². The topological polar surface area (TPSA) is 68.0 Å². The van der Waals surface area contributed by atoms with Gasteiger partial charge in [0.15, 0.2) is 0 Å². The number of nitrogens with zero attached hydrogens (tertiary/aromatic N) is 2. The third kappa shape index (κ3) is 3.37. The fraction of sp³-hybridized carbons (Fsp3) is 0.133. The first-order chi connectivity index (χ1) is 10.8. The van der Waals surface area contributed by atoms with Crippen LogP contribution in [0.2, 0.25) is 0 Å². The number of hydrogen-bond donors (Lipinski definition) is 1. The Morgan fingerprint density at radius 2 is 2.27 bits per heavy atom. The summed E-state index contributed by atoms with van der Waals surface area (Å²) in [4.78, 5) is 13.3. The molecule has 1 aromatic carbocycles. The third-order valence-electron chi connectivity index (χ3n) is 2.82. The van der Waals surface area contributed by atoms with Crippen molar-refractivity contribution < 1.29 is 9.21 Å². The van der Waals surface area contributed by atoms with Crippen LogP contribution in [0.3, 0.4) is 0 Å². The molecule has 0 atom stereocenters. The molecule has 0 spiro atoms. The van der Waals surface area contributed by atoms with Crippen LogP contribution in [0.25, 0.3) is 11.5 Å². The summed E-state index contributed by atoms with van der Waals surface area (Å²) in [5, 5.41) is 14.2. The summed E-state index contributed by atoms with van der Waals surface area (Å²) in [6.07, 6.45) is 0. The second-order valence-corrected chi connectivity index (χ2v) is 6.46. The average molecular weight is 331 g/mol. The van der Waals surface area contributed by atoms with Gasteiger partial charge in [0.05, 0.1) is 0 Å². The van der Waals surface area contributed by atoms with Crippen LogP contribution in [0.15, 0.2) is 50.4 Å². The minimum atomic E-state index is -0.265. The van der Waals surface area contributed by atoms with Gasteiger partial charge in [-0.2, -0.15) is 11.3 Å². The Balaban J connectivity index is 1.73. The minimum absolute atomic E-state index is 0.0970. The standard InChI is InChI=1S/C15H13N3O2S2/c1-2-22-12-5-3-4-10(8-12)13(19)16-15-18-17-14(20-15)11-6-7-21-9-11/h3-9H,2H2,1H3,(H,16,18,19). The molecular formula is C15H13N3O2S2. The first-order valence-electron chi connectivity index (χ1n) is 6.66. The highest BCUT2D eigenvalue weighted by molar-refractivity contribution is 7.99. The van der Waals surface area contributed by atoms with Crippen molar-refractivity contribution in [1.82, 2.24) is 10.2 Å². The van der Waals surface area contributed by atoms with Crippen LogP contribution < -0.4 is 5.32 Å². The van der Waals surface area contributed by atoms with Crippen LogP contribution in [0.4, 0.5) is 6.01 Å². The van der Waals surface area contributed by atoms with Crippen LogP contribution in [0.5, 0.6) is 0 Å². The van der Waals surface area contributed by atoms with Crippen molar-refractivity contribution in [2.24, 2.45) is 0 Å². The molecule has 0 saturated heterocycles. The highest BCUT2D eigenvalue weighted by atomic mass is 32.2. The Hall–Kier alpha value is -2.12. The molecule has 22 heavy (non-hydrogen) atoms. The highest BCUT2D eigenvalue weighted by Crippen LogP contribution is 2.23. The Morgan fingerprint density at radius 1 is 1.36 bits per heavy atom. The molecule has 0 fully saturated rings. The molecule has 0 bridgehead atoms. The van der Waals surface area contributed by atoms with E-state index in [1.54, 1.807) is 29.2 Å². The number of rotatable bonds is 5. The van der Waals surface area contributed by atoms with Crippen LogP contribution in [0.1, 0.15) is 17.3 Å². The van der Waals surface area contributed by atoms with E-state index in [0.29, 0.717) is 11.5 Å². The summed E-state index contributed by atoms with van der Waals surface area (Å²) < 4.78 is 5.45. The number of hydrogen-bond acceptors (Lipinski definition) is 6. The maximum absolute atomic E-state index is 12.2. The van der Waals surface area contributed by atoms with Crippen LogP contribution in [0, 0.1) is 0 Å². The van der Waals surface area contributed by atoms with E-state index < -0.39 is 0 Å². The zero-order valence-corrected chi connectivity index (χ0v) is 13.4. The number of anilines is 1. The van der Waals surface area contributed by atoms with Crippen molar-refractivity contribution in [3.63, 3.8) is 0 Å². The quantitative estimate of drug-likeness (QED) is 0.711. The maximum Gasteiger partial charge on any atom is 0.322 e. The molecule has 2 heterocycles. The largest absolute Gasteiger partial charge is 0.403 e. The summed E-state index contributed by atoms with van der Waals surface area (Å²) in [7, 11) is 0. The first-order valence-corrected chi connectivity index (χ1v) is 8.59. The lowest BCUT2D eigenvalue weighted by Crippen LogP contribution is -2.12. The number of carbonyl (C=O) groups is 1. The van der Waals surface area contributed by atoms with Gasteiger partial charge in [-0.15, -0.1) is 16.9 Å². The van der Waals surface area contributed by atoms with Crippen molar-refractivity contribution in [3.8, 4) is 11.5 Å². The second-order valence-electron chi connectivity index (χ2n) is 4.34. The van der Waals surface area contributed by atoms with Crippen LogP contribution in [-0.4, -0.2) is 21.9 Å². The maximum atomic E-state index is 12.2. The van der Waals surface area contributed by atoms with E-state index in [1.165, 1.54) is 0 Å². The lowest BCUT2D eigenvalue weighted by Gasteiger charge is -2.03. The van der Waals surface area contributed by atoms with Crippen molar-refractivity contribution >= 4 is 35.0 Å². The molecule has 0 aliphatic rings. The van der Waals surface area contributed by atoms with E-state index >= 15 is 0 Å². The summed E-state index contributed by atoms with van der Waals surface area (Å²) in [6.45, 7) is 2.07. The Morgan fingerprint density at radius 3 is 3.05 bits per heavy atom. The van der Waals surface area contributed by atoms with Gasteiger partial charge in [0, 0.05) is 21.4 Å². The minimum Gasteiger partial charge on any atom is -0.403 e. The van der Waals surface area contributed by atoms with Crippen molar-refractivity contribution in [2.75, 3.05) is 11.1 Å². The molecular weight excluding hydrogens is 318 g/mol. The van der Waals surface area contributed by atoms with E-state index in [4.69, 9.17) is 4.42 Å². The SMILES string of the molecule is CCSc1cccc(C(=O)Nc2nnc(-c3ccsc3)o2)c1. The van der Waals surface area contributed by atoms with Gasteiger partial charge < -0.3 is 4.42 Å². The number of carbonyl (C=O) groups excluding carboxylic acids is 1. The molecule has 112 valence electrons. The predicted molar refractivity (Wildman–Crippen MR) is 88.4 cm³/mol. The zero-order valence-electron chi connectivity index (χ0n) is 11.8. The molecule has 1 N–H and O–H groups in total. The lowest BCUT2D eigenvalue weighted by atomic mass is 10.2. The van der Waals surface area contributed by atoms with Gasteiger partial charge in [0.2, 0.25) is 0 Å². The van der Waals surface area contributed by atoms with Gasteiger partial charge >= 0.3 is 6.01 Å². The Kier molecular flexibility index (Phi) is 4.55. The Labute approximate surface area is 135 Å². The molecule has 5 nitrogen and oxygen atoms in total. The van der Waals surface area contributed by atoms with E-state index in [1.807, 2.05) is 35.0 Å². The summed E-state index contributed by atoms with van der Waals surface area (Å²) in [5.41, 5.74) is 1.41. The molecule has 0 saturated carbocycles. The molecule has 0 unspecified atom stereocenters. The summed E-state index contributed by atoms with van der Waals surface area (Å²) >= 11 is 3.23. The third-order valence-corrected chi connectivity index (χ3v) is 4.38. The lowest BCUT2D eigenvalue weighted by molar-refractivity contribution is 0.102. The molecule has 0 radical (unpaired) electrons. The van der Waals surface area contributed by atoms with E-state index in [2.05, 4.69) is 22.4 Å². The monoisotopic (exact) mass is 331 g/mol. The molecule has 2 aromatic heterocycles. The van der Waals surface area contributed by atoms with Crippen molar-refractivity contribution in [2.45, 2.75) is 11.8 Å². The van der Waals surface area contributed by atoms with E-state index in [0.717, 1.165) is 16.2 Å². The van der Waals surface area contributed by atoms with Gasteiger partial charge in [-0.25, -0.2) is 0 Å². The fourth-order valence-electron chi connectivity index (χ4n) is 1.84. The molecule has 7 heteroatoms. The van der Waals surface area contributed by atoms with Gasteiger partial charge in [0.1, 0.15) is 0 Å². The first kappa shape index (κ1) is 14.8. The summed E-state index contributed by atoms with van der Waals surface area (Å²) in [5.74, 6) is 1.09. The van der Waals surface area contributed by atoms with E-state index in [9.17, 15) is 4.79 Å². The predicted octanol–water partition coefficient (Wildman–Crippen LogP) is 4.16. The number of benzene rings is 1. The number of nitrogens with one attached hydrogen (secondary N) is 1. The smallest absolute Gasteiger partial charge is 0.322 e. The number of aromatic nitrogens is 2. The van der Waals surface area contributed by atoms with Crippen LogP contribution in [-0.2, 0) is 0 Å². The number of thiophene rings is 1. The van der Waals surface area contributed by atoms with Crippen LogP contribution >= 0.6 is 23.1 Å². The normalized spacial score (nSPS) is 10.6. The molecule has 3 rings (SSSR count). The van der Waals surface area contributed by atoms with Crippen molar-refractivity contribution in [3.05, 3.63) is 46.7 Å². The van der Waals surface area contributed by atoms with Gasteiger partial charge in [-0.05, 0) is 35.4 Å². The molecule has 1 amide bonds. The van der Waals surface area contributed by atoms with Gasteiger partial charge in [-0.1, -0.05) is 18.1 Å². The van der Waals surface area contributed by atoms with Gasteiger partial charge in [-0.3, -0.25) is 10.1 Å². The summed E-state index contributed by atoms with van der Waals surface area (Å²) in [6, 6.07) is 9.42. The zero-order chi connectivity index (χ0) is 15.4. The van der Waals surface area contributed by atoms with Gasteiger partial charge in [0.25, 0.3) is 11.8 Å². The Bertz CT molecular complexity index is 769. The average Bonchev–Trinajstić information content (AvgIpc) is 3.18.